The Hall–Kier alpha value is -1.76. The number of ether oxygens (including phenoxy) is 2. The largest absolute Gasteiger partial charge is 0.459 e. The second kappa shape index (κ2) is 8.72. The molecule has 0 amide bonds. The molecule has 13 heteroatoms. The molecule has 0 aliphatic heterocycles. The summed E-state index contributed by atoms with van der Waals surface area (Å²) in [5.74, 6) is -3.49. The molecule has 0 N–H and O–H groups in total. The number of hydrogen-bond acceptors (Lipinski definition) is 7. The third-order valence-corrected chi connectivity index (χ3v) is 5.34. The van der Waals surface area contributed by atoms with Crippen molar-refractivity contribution in [3.8, 4) is 0 Å². The Morgan fingerprint density at radius 1 is 1.07 bits per heavy atom. The summed E-state index contributed by atoms with van der Waals surface area (Å²) in [6.45, 7) is 4.80. The van der Waals surface area contributed by atoms with Crippen LogP contribution in [0.1, 0.15) is 32.6 Å². The van der Waals surface area contributed by atoms with Crippen LogP contribution in [0, 0.1) is 5.92 Å². The molecule has 1 rings (SSSR count). The normalized spacial score (nSPS) is 22.2. The molecule has 28 heavy (non-hydrogen) atoms. The van der Waals surface area contributed by atoms with Gasteiger partial charge >= 0.3 is 33.5 Å². The standard InChI is InChI=1S/C15H19F5O7S/c1-8(2)11(21)26-10-6-4-9(5-7-10)12(22)27-13(14(16,17)18)15(19,20)28(23,24)25-3/h9-10,13H,1,4-7H2,2-3H3. The van der Waals surface area contributed by atoms with E-state index in [-0.39, 0.29) is 38.4 Å². The van der Waals surface area contributed by atoms with E-state index < -0.39 is 51.6 Å². The summed E-state index contributed by atoms with van der Waals surface area (Å²) in [7, 11) is -5.73. The van der Waals surface area contributed by atoms with Crippen molar-refractivity contribution in [2.24, 2.45) is 5.92 Å². The Bertz CT molecular complexity index is 709. The maximum atomic E-state index is 13.8. The van der Waals surface area contributed by atoms with E-state index in [1.54, 1.807) is 0 Å². The van der Waals surface area contributed by atoms with Gasteiger partial charge in [-0.15, -0.1) is 0 Å². The number of carbonyl (C=O) groups is 2. The first kappa shape index (κ1) is 24.3. The van der Waals surface area contributed by atoms with E-state index in [2.05, 4.69) is 15.5 Å². The molecule has 0 aromatic rings. The minimum absolute atomic E-state index is 0.0855. The first-order valence-corrected chi connectivity index (χ1v) is 9.36. The monoisotopic (exact) mass is 438 g/mol. The van der Waals surface area contributed by atoms with Crippen LogP contribution < -0.4 is 0 Å². The van der Waals surface area contributed by atoms with E-state index >= 15 is 0 Å². The van der Waals surface area contributed by atoms with Gasteiger partial charge in [0.25, 0.3) is 6.10 Å². The third-order valence-electron chi connectivity index (χ3n) is 4.02. The van der Waals surface area contributed by atoms with Crippen LogP contribution in [0.3, 0.4) is 0 Å². The van der Waals surface area contributed by atoms with Gasteiger partial charge < -0.3 is 9.47 Å². The number of rotatable bonds is 7. The molecule has 0 saturated heterocycles. The molecule has 0 aromatic heterocycles. The molecule has 0 bridgehead atoms. The van der Waals surface area contributed by atoms with Gasteiger partial charge in [0, 0.05) is 5.57 Å². The van der Waals surface area contributed by atoms with Gasteiger partial charge in [0.2, 0.25) is 0 Å². The number of alkyl halides is 5. The summed E-state index contributed by atoms with van der Waals surface area (Å²) in [6, 6.07) is 0. The topological polar surface area (TPSA) is 96.0 Å². The van der Waals surface area contributed by atoms with Crippen molar-refractivity contribution in [3.63, 3.8) is 0 Å². The molecule has 0 aromatic carbocycles. The molecule has 0 spiro atoms. The highest BCUT2D eigenvalue weighted by Crippen LogP contribution is 2.40. The molecular weight excluding hydrogens is 419 g/mol. The van der Waals surface area contributed by atoms with E-state index in [0.29, 0.717) is 0 Å². The lowest BCUT2D eigenvalue weighted by molar-refractivity contribution is -0.261. The molecule has 1 aliphatic carbocycles. The molecule has 162 valence electrons. The predicted octanol–water partition coefficient (Wildman–Crippen LogP) is 2.71. The van der Waals surface area contributed by atoms with Gasteiger partial charge in [-0.1, -0.05) is 6.58 Å². The minimum atomic E-state index is -5.98. The van der Waals surface area contributed by atoms with Crippen LogP contribution in [0.5, 0.6) is 0 Å². The highest BCUT2D eigenvalue weighted by molar-refractivity contribution is 7.87. The van der Waals surface area contributed by atoms with Gasteiger partial charge in [-0.05, 0) is 32.6 Å². The van der Waals surface area contributed by atoms with Crippen LogP contribution in [0.4, 0.5) is 22.0 Å². The molecule has 1 atom stereocenters. The number of carbonyl (C=O) groups excluding carboxylic acids is 2. The Morgan fingerprint density at radius 2 is 1.57 bits per heavy atom. The zero-order valence-electron chi connectivity index (χ0n) is 14.9. The number of hydrogen-bond donors (Lipinski definition) is 0. The van der Waals surface area contributed by atoms with Crippen molar-refractivity contribution >= 4 is 22.1 Å². The average Bonchev–Trinajstić information content (AvgIpc) is 2.58. The quantitative estimate of drug-likeness (QED) is 0.261. The van der Waals surface area contributed by atoms with Gasteiger partial charge in [0.15, 0.2) is 0 Å². The second-order valence-electron chi connectivity index (χ2n) is 6.20. The lowest BCUT2D eigenvalue weighted by atomic mass is 9.87. The first-order valence-electron chi connectivity index (χ1n) is 7.95. The molecule has 0 heterocycles. The SMILES string of the molecule is C=C(C)C(=O)OC1CCC(C(=O)OC(C(F)(F)F)C(F)(F)S(=O)(=O)OC)CC1. The predicted molar refractivity (Wildman–Crippen MR) is 83.5 cm³/mol. The summed E-state index contributed by atoms with van der Waals surface area (Å²) >= 11 is 0. The van der Waals surface area contributed by atoms with Gasteiger partial charge in [-0.25, -0.2) is 4.79 Å². The van der Waals surface area contributed by atoms with Crippen molar-refractivity contribution in [3.05, 3.63) is 12.2 Å². The van der Waals surface area contributed by atoms with E-state index in [0.717, 1.165) is 0 Å². The Balaban J connectivity index is 2.84. The van der Waals surface area contributed by atoms with Crippen molar-refractivity contribution < 1.29 is 53.6 Å². The third kappa shape index (κ3) is 5.63. The molecule has 1 unspecified atom stereocenters. The maximum absolute atomic E-state index is 13.8. The minimum Gasteiger partial charge on any atom is -0.459 e. The first-order chi connectivity index (χ1) is 12.6. The van der Waals surface area contributed by atoms with Crippen molar-refractivity contribution in [1.82, 2.24) is 0 Å². The van der Waals surface area contributed by atoms with Crippen LogP contribution >= 0.6 is 0 Å². The molecule has 1 aliphatic rings. The van der Waals surface area contributed by atoms with E-state index in [4.69, 9.17) is 4.74 Å². The molecule has 7 nitrogen and oxygen atoms in total. The Morgan fingerprint density at radius 3 is 1.96 bits per heavy atom. The van der Waals surface area contributed by atoms with Crippen LogP contribution in [-0.4, -0.2) is 51.1 Å². The van der Waals surface area contributed by atoms with Crippen LogP contribution in [0.15, 0.2) is 12.2 Å². The van der Waals surface area contributed by atoms with Crippen LogP contribution in [0.25, 0.3) is 0 Å². The highest BCUT2D eigenvalue weighted by atomic mass is 32.2. The van der Waals surface area contributed by atoms with Crippen molar-refractivity contribution in [2.45, 2.75) is 56.2 Å². The van der Waals surface area contributed by atoms with Gasteiger partial charge in [-0.2, -0.15) is 30.4 Å². The summed E-state index contributed by atoms with van der Waals surface area (Å²) in [5.41, 5.74) is 0.135. The second-order valence-corrected chi connectivity index (χ2v) is 7.99. The van der Waals surface area contributed by atoms with Crippen LogP contribution in [-0.2, 0) is 33.4 Å². The van der Waals surface area contributed by atoms with Gasteiger partial charge in [0.1, 0.15) is 6.10 Å². The van der Waals surface area contributed by atoms with E-state index in [9.17, 15) is 40.0 Å². The van der Waals surface area contributed by atoms with E-state index in [1.165, 1.54) is 6.92 Å². The molecule has 1 fully saturated rings. The fourth-order valence-electron chi connectivity index (χ4n) is 2.45. The molecular formula is C15H19F5O7S. The summed E-state index contributed by atoms with van der Waals surface area (Å²) in [5, 5.41) is -5.54. The maximum Gasteiger partial charge on any atom is 0.432 e. The number of esters is 2. The highest BCUT2D eigenvalue weighted by Gasteiger charge is 2.66. The zero-order chi connectivity index (χ0) is 21.9. The van der Waals surface area contributed by atoms with Crippen molar-refractivity contribution in [1.29, 1.82) is 0 Å². The lowest BCUT2D eigenvalue weighted by Crippen LogP contribution is -2.53. The molecule has 1 saturated carbocycles. The average molecular weight is 438 g/mol. The van der Waals surface area contributed by atoms with Gasteiger partial charge in [-0.3, -0.25) is 8.98 Å². The smallest absolute Gasteiger partial charge is 0.432 e. The fraction of sp³-hybridized carbons (Fsp3) is 0.733. The lowest BCUT2D eigenvalue weighted by Gasteiger charge is -2.31. The van der Waals surface area contributed by atoms with Crippen molar-refractivity contribution in [2.75, 3.05) is 7.11 Å². The zero-order valence-corrected chi connectivity index (χ0v) is 15.7. The summed E-state index contributed by atoms with van der Waals surface area (Å²) in [6.07, 6.45) is -10.7. The van der Waals surface area contributed by atoms with E-state index in [1.807, 2.05) is 0 Å². The Labute approximate surface area is 157 Å². The number of halogens is 5. The fourth-order valence-corrected chi connectivity index (χ4v) is 3.12. The summed E-state index contributed by atoms with van der Waals surface area (Å²) < 4.78 is 101. The Kier molecular flexibility index (Phi) is 7.56. The van der Waals surface area contributed by atoms with Crippen LogP contribution in [0.2, 0.25) is 0 Å². The van der Waals surface area contributed by atoms with Gasteiger partial charge in [0.05, 0.1) is 13.0 Å². The summed E-state index contributed by atoms with van der Waals surface area (Å²) in [4.78, 5) is 23.4. The molecule has 0 radical (unpaired) electrons.